The molecule has 0 saturated heterocycles. The number of hydrogen-bond acceptors (Lipinski definition) is 7. The van der Waals surface area contributed by atoms with Gasteiger partial charge in [0.05, 0.1) is 21.3 Å². The van der Waals surface area contributed by atoms with Crippen LogP contribution in [0.3, 0.4) is 0 Å². The second kappa shape index (κ2) is 7.42. The molecule has 2 rings (SSSR count). The lowest BCUT2D eigenvalue weighted by Crippen LogP contribution is -2.17. The fourth-order valence-corrected chi connectivity index (χ4v) is 1.97. The molecule has 1 aromatic carbocycles. The van der Waals surface area contributed by atoms with Gasteiger partial charge in [0.2, 0.25) is 5.69 Å². The summed E-state index contributed by atoms with van der Waals surface area (Å²) < 4.78 is 71.8. The van der Waals surface area contributed by atoms with Gasteiger partial charge in [-0.05, 0) is 12.1 Å². The standard InChI is InChI=1S/C15H12F4N2O5/c1-23-9-6-7(16)4-5-8(9)26-13-10(14(22)25-3)11(24-2)12(20-21-13)15(17,18)19/h4-6H,1-3H3. The predicted octanol–water partition coefficient (Wildman–Crippen LogP) is 3.23. The minimum absolute atomic E-state index is 0.0820. The maximum atomic E-state index is 13.3. The van der Waals surface area contributed by atoms with Crippen LogP contribution in [0.1, 0.15) is 16.1 Å². The Labute approximate surface area is 144 Å². The molecule has 140 valence electrons. The van der Waals surface area contributed by atoms with Crippen LogP contribution in [0.15, 0.2) is 18.2 Å². The number of esters is 1. The van der Waals surface area contributed by atoms with Crippen molar-refractivity contribution in [2.24, 2.45) is 0 Å². The molecular weight excluding hydrogens is 364 g/mol. The molecule has 0 atom stereocenters. The zero-order valence-electron chi connectivity index (χ0n) is 13.7. The van der Waals surface area contributed by atoms with Crippen LogP contribution in [0.25, 0.3) is 0 Å². The highest BCUT2D eigenvalue weighted by Gasteiger charge is 2.41. The van der Waals surface area contributed by atoms with E-state index in [0.29, 0.717) is 0 Å². The minimum Gasteiger partial charge on any atom is -0.493 e. The van der Waals surface area contributed by atoms with Gasteiger partial charge in [0, 0.05) is 6.07 Å². The van der Waals surface area contributed by atoms with Crippen molar-refractivity contribution < 1.29 is 41.3 Å². The summed E-state index contributed by atoms with van der Waals surface area (Å²) in [6.07, 6.45) is -4.94. The van der Waals surface area contributed by atoms with Gasteiger partial charge in [-0.15, -0.1) is 10.2 Å². The van der Waals surface area contributed by atoms with Gasteiger partial charge in [-0.25, -0.2) is 9.18 Å². The molecule has 0 saturated carbocycles. The zero-order valence-corrected chi connectivity index (χ0v) is 13.7. The molecule has 0 bridgehead atoms. The highest BCUT2D eigenvalue weighted by atomic mass is 19.4. The van der Waals surface area contributed by atoms with Crippen molar-refractivity contribution in [2.75, 3.05) is 21.3 Å². The predicted molar refractivity (Wildman–Crippen MR) is 78.0 cm³/mol. The quantitative estimate of drug-likeness (QED) is 0.585. The van der Waals surface area contributed by atoms with E-state index in [1.54, 1.807) is 0 Å². The second-order valence-electron chi connectivity index (χ2n) is 4.65. The fourth-order valence-electron chi connectivity index (χ4n) is 1.97. The lowest BCUT2D eigenvalue weighted by atomic mass is 10.2. The average Bonchev–Trinajstić information content (AvgIpc) is 2.60. The van der Waals surface area contributed by atoms with E-state index in [1.165, 1.54) is 7.11 Å². The van der Waals surface area contributed by atoms with Crippen molar-refractivity contribution >= 4 is 5.97 Å². The molecule has 0 radical (unpaired) electrons. The zero-order chi connectivity index (χ0) is 19.5. The van der Waals surface area contributed by atoms with Crippen LogP contribution in [0, 0.1) is 5.82 Å². The summed E-state index contributed by atoms with van der Waals surface area (Å²) in [5, 5.41) is 6.31. The van der Waals surface area contributed by atoms with E-state index in [9.17, 15) is 22.4 Å². The number of hydrogen-bond donors (Lipinski definition) is 0. The molecule has 2 aromatic rings. The Bertz CT molecular complexity index is 826. The number of nitrogens with zero attached hydrogens (tertiary/aromatic N) is 2. The van der Waals surface area contributed by atoms with Gasteiger partial charge in [-0.2, -0.15) is 13.2 Å². The normalized spacial score (nSPS) is 11.0. The average molecular weight is 376 g/mol. The maximum Gasteiger partial charge on any atom is 0.438 e. The monoisotopic (exact) mass is 376 g/mol. The third-order valence-corrected chi connectivity index (χ3v) is 3.09. The summed E-state index contributed by atoms with van der Waals surface area (Å²) in [5.41, 5.74) is -2.26. The summed E-state index contributed by atoms with van der Waals surface area (Å²) >= 11 is 0. The van der Waals surface area contributed by atoms with Crippen LogP contribution in [-0.2, 0) is 10.9 Å². The van der Waals surface area contributed by atoms with Crippen molar-refractivity contribution in [3.8, 4) is 23.1 Å². The number of carbonyl (C=O) groups is 1. The molecule has 7 nitrogen and oxygen atoms in total. The molecule has 0 amide bonds. The second-order valence-corrected chi connectivity index (χ2v) is 4.65. The van der Waals surface area contributed by atoms with E-state index in [0.717, 1.165) is 32.4 Å². The number of aromatic nitrogens is 2. The molecule has 1 aromatic heterocycles. The molecule has 11 heteroatoms. The third-order valence-electron chi connectivity index (χ3n) is 3.09. The number of ether oxygens (including phenoxy) is 4. The molecule has 0 aliphatic carbocycles. The molecule has 0 aliphatic heterocycles. The Morgan fingerprint density at radius 2 is 1.73 bits per heavy atom. The van der Waals surface area contributed by atoms with E-state index in [4.69, 9.17) is 9.47 Å². The van der Waals surface area contributed by atoms with Crippen LogP contribution < -0.4 is 14.2 Å². The molecule has 26 heavy (non-hydrogen) atoms. The van der Waals surface area contributed by atoms with Crippen molar-refractivity contribution in [1.82, 2.24) is 10.2 Å². The fraction of sp³-hybridized carbons (Fsp3) is 0.267. The van der Waals surface area contributed by atoms with Crippen LogP contribution in [0.5, 0.6) is 23.1 Å². The van der Waals surface area contributed by atoms with Gasteiger partial charge in [0.1, 0.15) is 5.82 Å². The molecule has 0 unspecified atom stereocenters. The third kappa shape index (κ3) is 3.76. The minimum atomic E-state index is -4.94. The maximum absolute atomic E-state index is 13.3. The van der Waals surface area contributed by atoms with Crippen LogP contribution in [0.2, 0.25) is 0 Å². The number of rotatable bonds is 5. The van der Waals surface area contributed by atoms with E-state index in [1.807, 2.05) is 0 Å². The summed E-state index contributed by atoms with van der Waals surface area (Å²) in [4.78, 5) is 12.0. The lowest BCUT2D eigenvalue weighted by Gasteiger charge is -2.16. The molecule has 1 heterocycles. The van der Waals surface area contributed by atoms with E-state index in [2.05, 4.69) is 19.7 Å². The van der Waals surface area contributed by atoms with Gasteiger partial charge in [-0.1, -0.05) is 0 Å². The lowest BCUT2D eigenvalue weighted by molar-refractivity contribution is -0.143. The van der Waals surface area contributed by atoms with Gasteiger partial charge < -0.3 is 18.9 Å². The Morgan fingerprint density at radius 1 is 1.04 bits per heavy atom. The van der Waals surface area contributed by atoms with Gasteiger partial charge in [-0.3, -0.25) is 0 Å². The molecule has 0 aliphatic rings. The van der Waals surface area contributed by atoms with Gasteiger partial charge in [0.15, 0.2) is 22.8 Å². The van der Waals surface area contributed by atoms with E-state index < -0.39 is 40.8 Å². The number of benzene rings is 1. The first-order valence-electron chi connectivity index (χ1n) is 6.84. The molecule has 0 N–H and O–H groups in total. The highest BCUT2D eigenvalue weighted by Crippen LogP contribution is 2.41. The first-order valence-corrected chi connectivity index (χ1v) is 6.84. The van der Waals surface area contributed by atoms with Gasteiger partial charge in [0.25, 0.3) is 5.88 Å². The Hall–Kier alpha value is -3.11. The van der Waals surface area contributed by atoms with Crippen LogP contribution in [-0.4, -0.2) is 37.5 Å². The van der Waals surface area contributed by atoms with Crippen LogP contribution in [0.4, 0.5) is 17.6 Å². The number of carbonyl (C=O) groups excluding carboxylic acids is 1. The van der Waals surface area contributed by atoms with Crippen molar-refractivity contribution in [3.05, 3.63) is 35.3 Å². The largest absolute Gasteiger partial charge is 0.493 e. The Kier molecular flexibility index (Phi) is 5.48. The first-order chi connectivity index (χ1) is 12.2. The highest BCUT2D eigenvalue weighted by molar-refractivity contribution is 5.95. The topological polar surface area (TPSA) is 79.8 Å². The summed E-state index contributed by atoms with van der Waals surface area (Å²) in [6.45, 7) is 0. The summed E-state index contributed by atoms with van der Waals surface area (Å²) in [6, 6.07) is 3.13. The first kappa shape index (κ1) is 19.2. The van der Waals surface area contributed by atoms with E-state index in [-0.39, 0.29) is 11.5 Å². The number of alkyl halides is 3. The van der Waals surface area contributed by atoms with Crippen molar-refractivity contribution in [3.63, 3.8) is 0 Å². The number of halogens is 4. The van der Waals surface area contributed by atoms with Crippen molar-refractivity contribution in [1.29, 1.82) is 0 Å². The molecule has 0 spiro atoms. The van der Waals surface area contributed by atoms with Crippen molar-refractivity contribution in [2.45, 2.75) is 6.18 Å². The van der Waals surface area contributed by atoms with E-state index >= 15 is 0 Å². The number of methoxy groups -OCH3 is 3. The Balaban J connectivity index is 2.64. The summed E-state index contributed by atoms with van der Waals surface area (Å²) in [5.74, 6) is -3.59. The SMILES string of the molecule is COC(=O)c1c(Oc2ccc(F)cc2OC)nnc(C(F)(F)F)c1OC. The van der Waals surface area contributed by atoms with Crippen LogP contribution >= 0.6 is 0 Å². The smallest absolute Gasteiger partial charge is 0.438 e. The van der Waals surface area contributed by atoms with Gasteiger partial charge >= 0.3 is 12.1 Å². The Morgan fingerprint density at radius 3 is 2.27 bits per heavy atom. The molecule has 0 fully saturated rings. The summed E-state index contributed by atoms with van der Waals surface area (Å²) in [7, 11) is 3.10. The molecular formula is C15H12F4N2O5.